The molecule has 8 heteroatoms. The van der Waals surface area contributed by atoms with Crippen molar-refractivity contribution in [3.05, 3.63) is 95.8 Å². The maximum absolute atomic E-state index is 13.1. The third-order valence-electron chi connectivity index (χ3n) is 7.37. The first kappa shape index (κ1) is 29.2. The maximum atomic E-state index is 13.1. The number of nitrogens with zero attached hydrogens (tertiary/aromatic N) is 3. The summed E-state index contributed by atoms with van der Waals surface area (Å²) in [5, 5.41) is 6.46. The first-order valence-electron chi connectivity index (χ1n) is 14.6. The van der Waals surface area contributed by atoms with Crippen LogP contribution in [0, 0.1) is 6.92 Å². The number of anilines is 2. The molecule has 0 bridgehead atoms. The fourth-order valence-electron chi connectivity index (χ4n) is 4.86. The van der Waals surface area contributed by atoms with Crippen LogP contribution in [0.3, 0.4) is 0 Å². The highest BCUT2D eigenvalue weighted by atomic mass is 16.5. The number of aromatic nitrogens is 2. The van der Waals surface area contributed by atoms with Crippen LogP contribution >= 0.6 is 0 Å². The van der Waals surface area contributed by atoms with E-state index < -0.39 is 0 Å². The van der Waals surface area contributed by atoms with Gasteiger partial charge in [0, 0.05) is 48.8 Å². The molecule has 0 radical (unpaired) electrons. The van der Waals surface area contributed by atoms with Crippen molar-refractivity contribution in [3.63, 3.8) is 0 Å². The van der Waals surface area contributed by atoms with E-state index in [0.29, 0.717) is 23.1 Å². The van der Waals surface area contributed by atoms with Crippen molar-refractivity contribution in [2.45, 2.75) is 33.1 Å². The fourth-order valence-corrected chi connectivity index (χ4v) is 4.86. The van der Waals surface area contributed by atoms with Gasteiger partial charge in [0.15, 0.2) is 0 Å². The van der Waals surface area contributed by atoms with Gasteiger partial charge in [0.2, 0.25) is 5.88 Å². The van der Waals surface area contributed by atoms with Crippen LogP contribution in [0.25, 0.3) is 11.1 Å². The molecular weight excluding hydrogens is 526 g/mol. The smallest absolute Gasteiger partial charge is 0.255 e. The molecule has 1 amide bonds. The lowest BCUT2D eigenvalue weighted by Crippen LogP contribution is -2.37. The lowest BCUT2D eigenvalue weighted by molar-refractivity contribution is 0.0378. The van der Waals surface area contributed by atoms with Crippen molar-refractivity contribution >= 4 is 17.4 Å². The minimum Gasteiger partial charge on any atom is -0.438 e. The topological polar surface area (TPSA) is 88.6 Å². The largest absolute Gasteiger partial charge is 0.438 e. The predicted molar refractivity (Wildman–Crippen MR) is 168 cm³/mol. The number of ether oxygens (including phenoxy) is 2. The number of nitrogens with one attached hydrogen (secondary N) is 2. The van der Waals surface area contributed by atoms with Crippen molar-refractivity contribution in [1.29, 1.82) is 0 Å². The Labute approximate surface area is 248 Å². The van der Waals surface area contributed by atoms with E-state index in [-0.39, 0.29) is 5.91 Å². The number of amides is 1. The Morgan fingerprint density at radius 3 is 2.69 bits per heavy atom. The number of pyridine rings is 2. The van der Waals surface area contributed by atoms with E-state index in [1.807, 2.05) is 61.5 Å². The van der Waals surface area contributed by atoms with Gasteiger partial charge >= 0.3 is 0 Å². The molecule has 1 fully saturated rings. The van der Waals surface area contributed by atoms with Crippen LogP contribution < -0.4 is 15.4 Å². The second-order valence-electron chi connectivity index (χ2n) is 10.8. The Morgan fingerprint density at radius 1 is 1.00 bits per heavy atom. The normalized spacial score (nSPS) is 13.6. The van der Waals surface area contributed by atoms with Gasteiger partial charge in [0.1, 0.15) is 11.6 Å². The molecule has 218 valence electrons. The van der Waals surface area contributed by atoms with Crippen LogP contribution in [0.4, 0.5) is 11.5 Å². The van der Waals surface area contributed by atoms with Gasteiger partial charge in [-0.25, -0.2) is 9.97 Å². The molecule has 5 rings (SSSR count). The molecule has 3 heterocycles. The molecule has 42 heavy (non-hydrogen) atoms. The van der Waals surface area contributed by atoms with Gasteiger partial charge < -0.3 is 20.1 Å². The Hall–Kier alpha value is -4.27. The quantitative estimate of drug-likeness (QED) is 0.194. The third-order valence-corrected chi connectivity index (χ3v) is 7.37. The first-order valence-corrected chi connectivity index (χ1v) is 14.6. The van der Waals surface area contributed by atoms with Gasteiger partial charge in [-0.1, -0.05) is 32.0 Å². The van der Waals surface area contributed by atoms with Crippen molar-refractivity contribution in [1.82, 2.24) is 14.9 Å². The van der Waals surface area contributed by atoms with E-state index in [4.69, 9.17) is 9.47 Å². The molecule has 1 saturated heterocycles. The molecular formula is C34H39N5O3. The van der Waals surface area contributed by atoms with Gasteiger partial charge in [-0.2, -0.15) is 0 Å². The second-order valence-corrected chi connectivity index (χ2v) is 10.8. The summed E-state index contributed by atoms with van der Waals surface area (Å²) in [5.41, 5.74) is 5.14. The van der Waals surface area contributed by atoms with Gasteiger partial charge in [-0.3, -0.25) is 9.69 Å². The second kappa shape index (κ2) is 14.1. The Morgan fingerprint density at radius 2 is 1.86 bits per heavy atom. The summed E-state index contributed by atoms with van der Waals surface area (Å²) in [6, 6.07) is 21.2. The molecule has 1 aliphatic heterocycles. The summed E-state index contributed by atoms with van der Waals surface area (Å²) in [6.45, 7) is 11.7. The number of hydrogen-bond acceptors (Lipinski definition) is 7. The lowest BCUT2D eigenvalue weighted by atomic mass is 10.0. The SMILES string of the molecule is Cc1ccc(C(=O)Nc2cccc(C(C)C)c2)cc1Oc1ncccc1-c1ccnc(NCCCN2CCOCC2)c1. The molecule has 0 saturated carbocycles. The highest BCUT2D eigenvalue weighted by molar-refractivity contribution is 6.04. The first-order chi connectivity index (χ1) is 20.5. The zero-order chi connectivity index (χ0) is 29.3. The zero-order valence-corrected chi connectivity index (χ0v) is 24.6. The molecule has 4 aromatic rings. The van der Waals surface area contributed by atoms with Gasteiger partial charge in [0.05, 0.1) is 13.2 Å². The number of aryl methyl sites for hydroxylation is 1. The summed E-state index contributed by atoms with van der Waals surface area (Å²) in [7, 11) is 0. The lowest BCUT2D eigenvalue weighted by Gasteiger charge is -2.26. The van der Waals surface area contributed by atoms with Crippen LogP contribution in [0.5, 0.6) is 11.6 Å². The minimum atomic E-state index is -0.194. The molecule has 8 nitrogen and oxygen atoms in total. The standard InChI is InChI=1S/C34H39N5O3/c1-24(2)26-7-4-8-29(21-26)38-33(40)28-11-10-25(3)31(22-28)42-34-30(9-5-13-37-34)27-12-15-36-32(23-27)35-14-6-16-39-17-19-41-20-18-39/h4-5,7-13,15,21-24H,6,14,16-20H2,1-3H3,(H,35,36)(H,38,40). The average Bonchev–Trinajstić information content (AvgIpc) is 3.01. The summed E-state index contributed by atoms with van der Waals surface area (Å²) >= 11 is 0. The Balaban J connectivity index is 1.27. The van der Waals surface area contributed by atoms with E-state index in [1.165, 1.54) is 5.56 Å². The van der Waals surface area contributed by atoms with E-state index >= 15 is 0 Å². The van der Waals surface area contributed by atoms with E-state index in [2.05, 4.69) is 45.4 Å². The van der Waals surface area contributed by atoms with E-state index in [1.54, 1.807) is 18.5 Å². The molecule has 0 spiro atoms. The number of carbonyl (C=O) groups excluding carboxylic acids is 1. The molecule has 0 atom stereocenters. The molecule has 0 aliphatic carbocycles. The third kappa shape index (κ3) is 7.72. The van der Waals surface area contributed by atoms with Crippen molar-refractivity contribution < 1.29 is 14.3 Å². The van der Waals surface area contributed by atoms with Crippen LogP contribution in [0.15, 0.2) is 79.1 Å². The fraction of sp³-hybridized carbons (Fsp3) is 0.324. The molecule has 2 aromatic heterocycles. The summed E-state index contributed by atoms with van der Waals surface area (Å²) in [4.78, 5) is 24.6. The number of benzene rings is 2. The predicted octanol–water partition coefficient (Wildman–Crippen LogP) is 6.75. The maximum Gasteiger partial charge on any atom is 0.255 e. The molecule has 1 aliphatic rings. The van der Waals surface area contributed by atoms with Crippen molar-refractivity contribution in [2.75, 3.05) is 50.0 Å². The Kier molecular flexibility index (Phi) is 9.79. The minimum absolute atomic E-state index is 0.194. The van der Waals surface area contributed by atoms with Crippen LogP contribution in [-0.4, -0.2) is 60.2 Å². The van der Waals surface area contributed by atoms with Crippen LogP contribution in [-0.2, 0) is 4.74 Å². The highest BCUT2D eigenvalue weighted by Gasteiger charge is 2.15. The van der Waals surface area contributed by atoms with Crippen molar-refractivity contribution in [3.8, 4) is 22.8 Å². The van der Waals surface area contributed by atoms with E-state index in [9.17, 15) is 4.79 Å². The summed E-state index contributed by atoms with van der Waals surface area (Å²) in [6.07, 6.45) is 4.53. The van der Waals surface area contributed by atoms with Crippen LogP contribution in [0.1, 0.15) is 47.7 Å². The monoisotopic (exact) mass is 565 g/mol. The highest BCUT2D eigenvalue weighted by Crippen LogP contribution is 2.34. The number of morpholine rings is 1. The zero-order valence-electron chi connectivity index (χ0n) is 24.6. The summed E-state index contributed by atoms with van der Waals surface area (Å²) < 4.78 is 11.8. The Bertz CT molecular complexity index is 1500. The van der Waals surface area contributed by atoms with Gasteiger partial charge in [-0.05, 0) is 91.0 Å². The number of rotatable bonds is 11. The number of hydrogen-bond donors (Lipinski definition) is 2. The molecule has 2 aromatic carbocycles. The van der Waals surface area contributed by atoms with Crippen LogP contribution in [0.2, 0.25) is 0 Å². The van der Waals surface area contributed by atoms with Gasteiger partial charge in [0.25, 0.3) is 5.91 Å². The van der Waals surface area contributed by atoms with E-state index in [0.717, 1.165) is 74.0 Å². The molecule has 2 N–H and O–H groups in total. The van der Waals surface area contributed by atoms with Gasteiger partial charge in [-0.15, -0.1) is 0 Å². The summed E-state index contributed by atoms with van der Waals surface area (Å²) in [5.74, 6) is 2.03. The van der Waals surface area contributed by atoms with Crippen molar-refractivity contribution in [2.24, 2.45) is 0 Å². The average molecular weight is 566 g/mol. The number of carbonyl (C=O) groups is 1. The molecule has 0 unspecified atom stereocenters.